The summed E-state index contributed by atoms with van der Waals surface area (Å²) in [5.74, 6) is 1.70. The van der Waals surface area contributed by atoms with E-state index in [9.17, 15) is 14.7 Å². The van der Waals surface area contributed by atoms with Crippen LogP contribution in [0.1, 0.15) is 62.6 Å². The largest absolute Gasteiger partial charge is 0.494 e. The minimum absolute atomic E-state index is 0.0717. The molecule has 4 rings (SSSR count). The third-order valence-electron chi connectivity index (χ3n) is 6.04. The van der Waals surface area contributed by atoms with E-state index in [0.717, 1.165) is 52.4 Å². The average Bonchev–Trinajstić information content (AvgIpc) is 3.08. The van der Waals surface area contributed by atoms with E-state index >= 15 is 0 Å². The number of aryl methyl sites for hydroxylation is 1. The predicted octanol–water partition coefficient (Wildman–Crippen LogP) is 5.12. The van der Waals surface area contributed by atoms with Gasteiger partial charge in [0.05, 0.1) is 4.88 Å². The number of hydrogen-bond acceptors (Lipinski definition) is 7. The van der Waals surface area contributed by atoms with Crippen LogP contribution in [0, 0.1) is 0 Å². The van der Waals surface area contributed by atoms with Crippen molar-refractivity contribution < 1.29 is 24.1 Å². The Kier molecular flexibility index (Phi) is 6.68. The molecule has 35 heavy (non-hydrogen) atoms. The van der Waals surface area contributed by atoms with Gasteiger partial charge in [0.2, 0.25) is 5.88 Å². The number of fused-ring (bicyclic) bond motifs is 1. The van der Waals surface area contributed by atoms with E-state index in [1.165, 1.54) is 6.92 Å². The molecule has 0 bridgehead atoms. The molecular formula is C27H31NO6S. The summed E-state index contributed by atoms with van der Waals surface area (Å²) in [4.78, 5) is 25.7. The number of H-pyrrole nitrogens is 1. The number of esters is 1. The van der Waals surface area contributed by atoms with E-state index in [-0.39, 0.29) is 22.1 Å². The quantitative estimate of drug-likeness (QED) is 0.362. The molecule has 2 heterocycles. The smallest absolute Gasteiger partial charge is 0.308 e. The summed E-state index contributed by atoms with van der Waals surface area (Å²) in [5.41, 5.74) is 2.18. The highest BCUT2D eigenvalue weighted by Gasteiger charge is 2.34. The van der Waals surface area contributed by atoms with Crippen LogP contribution in [0.25, 0.3) is 0 Å². The minimum Gasteiger partial charge on any atom is -0.494 e. The van der Waals surface area contributed by atoms with Gasteiger partial charge in [-0.05, 0) is 60.6 Å². The van der Waals surface area contributed by atoms with Gasteiger partial charge in [-0.1, -0.05) is 44.2 Å². The first-order chi connectivity index (χ1) is 16.4. The van der Waals surface area contributed by atoms with Gasteiger partial charge in [-0.2, -0.15) is 0 Å². The van der Waals surface area contributed by atoms with Crippen molar-refractivity contribution in [1.29, 1.82) is 0 Å². The number of aromatic amines is 1. The molecule has 2 aromatic carbocycles. The standard InChI is InChI=1S/C27H31NO6S/c1-16(29)33-22-13-18-10-11-27(5,34-21(18)14-20(22)26(2,3)4)15-32-19-8-6-17(7-9-19)12-23-24(30)28-25(31)35-23/h6-9,13-14,30H,10-12,15H2,1-5H3,(H,28,31). The fraction of sp³-hybridized carbons (Fsp3) is 0.407. The topological polar surface area (TPSA) is 97.9 Å². The third kappa shape index (κ3) is 5.88. The zero-order chi connectivity index (χ0) is 25.4. The van der Waals surface area contributed by atoms with Crippen molar-refractivity contribution in [2.24, 2.45) is 0 Å². The van der Waals surface area contributed by atoms with Crippen molar-refractivity contribution in [2.75, 3.05) is 6.61 Å². The van der Waals surface area contributed by atoms with E-state index < -0.39 is 5.60 Å². The van der Waals surface area contributed by atoms with Gasteiger partial charge in [-0.15, -0.1) is 0 Å². The van der Waals surface area contributed by atoms with Crippen LogP contribution in [-0.4, -0.2) is 28.3 Å². The summed E-state index contributed by atoms with van der Waals surface area (Å²) in [5, 5.41) is 9.78. The molecule has 1 aromatic heterocycles. The van der Waals surface area contributed by atoms with E-state index in [1.54, 1.807) is 0 Å². The van der Waals surface area contributed by atoms with Crippen LogP contribution in [0.3, 0.4) is 0 Å². The number of carbonyl (C=O) groups is 1. The van der Waals surface area contributed by atoms with E-state index in [1.807, 2.05) is 43.3 Å². The van der Waals surface area contributed by atoms with Crippen LogP contribution in [-0.2, 0) is 23.1 Å². The molecule has 0 saturated carbocycles. The number of thiazole rings is 1. The molecule has 186 valence electrons. The zero-order valence-corrected chi connectivity index (χ0v) is 21.5. The van der Waals surface area contributed by atoms with E-state index in [2.05, 4.69) is 25.8 Å². The zero-order valence-electron chi connectivity index (χ0n) is 20.7. The molecule has 0 amide bonds. The number of benzene rings is 2. The maximum absolute atomic E-state index is 11.6. The van der Waals surface area contributed by atoms with Gasteiger partial charge in [-0.25, -0.2) is 0 Å². The number of hydrogen-bond donors (Lipinski definition) is 2. The van der Waals surface area contributed by atoms with Gasteiger partial charge in [-0.3, -0.25) is 14.6 Å². The number of nitrogens with one attached hydrogen (secondary N) is 1. The normalized spacial score (nSPS) is 17.4. The molecule has 1 aliphatic heterocycles. The first kappa shape index (κ1) is 24.9. The fourth-order valence-electron chi connectivity index (χ4n) is 4.13. The summed E-state index contributed by atoms with van der Waals surface area (Å²) >= 11 is 1.01. The monoisotopic (exact) mass is 497 g/mol. The van der Waals surface area contributed by atoms with Crippen LogP contribution in [0.15, 0.2) is 41.2 Å². The molecule has 8 heteroatoms. The van der Waals surface area contributed by atoms with Crippen LogP contribution in [0.5, 0.6) is 23.1 Å². The predicted molar refractivity (Wildman–Crippen MR) is 135 cm³/mol. The molecule has 0 aliphatic carbocycles. The highest BCUT2D eigenvalue weighted by atomic mass is 32.1. The molecule has 3 aromatic rings. The van der Waals surface area contributed by atoms with Crippen molar-refractivity contribution in [2.45, 2.75) is 64.9 Å². The Bertz CT molecular complexity index is 1280. The number of ether oxygens (including phenoxy) is 3. The number of aromatic nitrogens is 1. The Morgan fingerprint density at radius 2 is 1.94 bits per heavy atom. The number of carbonyl (C=O) groups excluding carboxylic acids is 1. The van der Waals surface area contributed by atoms with Crippen LogP contribution >= 0.6 is 11.3 Å². The molecule has 0 spiro atoms. The fourth-order valence-corrected chi connectivity index (χ4v) is 4.89. The van der Waals surface area contributed by atoms with Gasteiger partial charge in [0, 0.05) is 18.9 Å². The Balaban J connectivity index is 1.44. The first-order valence-electron chi connectivity index (χ1n) is 11.6. The summed E-state index contributed by atoms with van der Waals surface area (Å²) in [6.45, 7) is 10.1. The SMILES string of the molecule is CC(=O)Oc1cc2c(cc1C(C)(C)C)OC(C)(COc1ccc(Cc3sc(=O)[nH]c3O)cc1)CC2. The molecule has 1 unspecified atom stereocenters. The maximum Gasteiger partial charge on any atom is 0.308 e. The van der Waals surface area contributed by atoms with Crippen LogP contribution in [0.2, 0.25) is 0 Å². The highest BCUT2D eigenvalue weighted by molar-refractivity contribution is 7.09. The summed E-state index contributed by atoms with van der Waals surface area (Å²) in [7, 11) is 0. The Labute approximate surface area is 208 Å². The second kappa shape index (κ2) is 9.41. The first-order valence-corrected chi connectivity index (χ1v) is 12.4. The van der Waals surface area contributed by atoms with Crippen molar-refractivity contribution >= 4 is 17.3 Å². The molecular weight excluding hydrogens is 466 g/mol. The number of rotatable bonds is 6. The molecule has 7 nitrogen and oxygen atoms in total. The Hall–Kier alpha value is -3.26. The number of aromatic hydroxyl groups is 1. The Morgan fingerprint density at radius 1 is 1.23 bits per heavy atom. The van der Waals surface area contributed by atoms with Crippen molar-refractivity contribution in [3.63, 3.8) is 0 Å². The van der Waals surface area contributed by atoms with Crippen molar-refractivity contribution in [3.05, 3.63) is 67.6 Å². The molecule has 0 fully saturated rings. The molecule has 0 radical (unpaired) electrons. The van der Waals surface area contributed by atoms with Crippen LogP contribution in [0.4, 0.5) is 0 Å². The van der Waals surface area contributed by atoms with Gasteiger partial charge in [0.15, 0.2) is 0 Å². The summed E-state index contributed by atoms with van der Waals surface area (Å²) < 4.78 is 18.0. The lowest BCUT2D eigenvalue weighted by Gasteiger charge is -2.36. The second-order valence-electron chi connectivity index (χ2n) is 10.2. The summed E-state index contributed by atoms with van der Waals surface area (Å²) in [6, 6.07) is 11.5. The highest BCUT2D eigenvalue weighted by Crippen LogP contribution is 2.41. The lowest BCUT2D eigenvalue weighted by molar-refractivity contribution is -0.131. The van der Waals surface area contributed by atoms with Crippen molar-refractivity contribution in [1.82, 2.24) is 4.98 Å². The Morgan fingerprint density at radius 3 is 2.54 bits per heavy atom. The molecule has 1 aliphatic rings. The van der Waals surface area contributed by atoms with Gasteiger partial charge < -0.3 is 19.3 Å². The summed E-state index contributed by atoms with van der Waals surface area (Å²) in [6.07, 6.45) is 2.02. The van der Waals surface area contributed by atoms with E-state index in [0.29, 0.717) is 23.7 Å². The molecule has 0 saturated heterocycles. The average molecular weight is 498 g/mol. The van der Waals surface area contributed by atoms with Gasteiger partial charge >= 0.3 is 10.8 Å². The molecule has 2 N–H and O–H groups in total. The third-order valence-corrected chi connectivity index (χ3v) is 6.91. The minimum atomic E-state index is -0.507. The maximum atomic E-state index is 11.6. The van der Waals surface area contributed by atoms with Gasteiger partial charge in [0.25, 0.3) is 0 Å². The van der Waals surface area contributed by atoms with E-state index in [4.69, 9.17) is 14.2 Å². The second-order valence-corrected chi connectivity index (χ2v) is 11.3. The van der Waals surface area contributed by atoms with Crippen molar-refractivity contribution in [3.8, 4) is 23.1 Å². The van der Waals surface area contributed by atoms with Gasteiger partial charge in [0.1, 0.15) is 29.5 Å². The lowest BCUT2D eigenvalue weighted by atomic mass is 9.83. The molecule has 1 atom stereocenters. The van der Waals surface area contributed by atoms with Crippen LogP contribution < -0.4 is 19.1 Å². The lowest BCUT2D eigenvalue weighted by Crippen LogP contribution is -2.42.